The van der Waals surface area contributed by atoms with Crippen molar-refractivity contribution >= 4 is 16.6 Å². The SMILES string of the molecule is C=C1[C@H]2[C@@H](CO)C[C@@]3(C(=O)CCc4cccc(c4)C[C@@H](CO)c4ccc5ccc(cc5c4)C[C@]13C)[C@]2(O)OC. The number of hydrogen-bond donors (Lipinski definition) is 3. The molecule has 0 heterocycles. The molecule has 7 bridgehead atoms. The Kier molecular flexibility index (Phi) is 6.35. The number of methoxy groups -OCH3 is 1. The number of Topliss-reactive ketones (excluding diaryl/α,β-unsaturated/α-hetero) is 1. The van der Waals surface area contributed by atoms with E-state index in [1.807, 2.05) is 12.1 Å². The fourth-order valence-corrected chi connectivity index (χ4v) is 8.40. The molecule has 0 unspecified atom stereocenters. The molecule has 3 N–H and O–H groups in total. The number of benzene rings is 3. The fourth-order valence-electron chi connectivity index (χ4n) is 8.40. The molecule has 0 saturated heterocycles. The summed E-state index contributed by atoms with van der Waals surface area (Å²) in [5.41, 5.74) is 3.12. The molecule has 5 nitrogen and oxygen atoms in total. The number of carbonyl (C=O) groups is 1. The van der Waals surface area contributed by atoms with E-state index < -0.39 is 22.5 Å². The quantitative estimate of drug-likeness (QED) is 0.339. The van der Waals surface area contributed by atoms with Crippen molar-refractivity contribution in [3.8, 4) is 0 Å². The second-order valence-corrected chi connectivity index (χ2v) is 12.2. The van der Waals surface area contributed by atoms with Gasteiger partial charge in [-0.15, -0.1) is 0 Å². The van der Waals surface area contributed by atoms with Crippen molar-refractivity contribution in [2.45, 2.75) is 50.7 Å². The van der Waals surface area contributed by atoms with E-state index >= 15 is 0 Å². The van der Waals surface area contributed by atoms with E-state index in [2.05, 4.69) is 62.0 Å². The number of aliphatic hydroxyl groups excluding tert-OH is 2. The molecule has 0 aliphatic heterocycles. The molecule has 1 spiro atoms. The minimum Gasteiger partial charge on any atom is -0.396 e. The van der Waals surface area contributed by atoms with Crippen molar-refractivity contribution in [3.05, 3.63) is 95.1 Å². The van der Waals surface area contributed by atoms with Crippen LogP contribution in [0.3, 0.4) is 0 Å². The van der Waals surface area contributed by atoms with Crippen molar-refractivity contribution < 1.29 is 24.9 Å². The van der Waals surface area contributed by atoms with Gasteiger partial charge < -0.3 is 20.1 Å². The molecule has 6 rings (SSSR count). The number of carbonyl (C=O) groups excluding carboxylic acids is 1. The molecule has 3 aliphatic carbocycles. The van der Waals surface area contributed by atoms with Crippen molar-refractivity contribution in [2.75, 3.05) is 20.3 Å². The molecule has 2 fully saturated rings. The van der Waals surface area contributed by atoms with E-state index in [0.29, 0.717) is 25.7 Å². The molecule has 0 aromatic heterocycles. The maximum atomic E-state index is 14.5. The third-order valence-electron chi connectivity index (χ3n) is 10.4. The van der Waals surface area contributed by atoms with Gasteiger partial charge >= 0.3 is 0 Å². The molecule has 3 aromatic carbocycles. The number of aryl methyl sites for hydroxylation is 1. The molecule has 6 atom stereocenters. The van der Waals surface area contributed by atoms with Gasteiger partial charge in [0.15, 0.2) is 5.79 Å². The Balaban J connectivity index is 1.56. The number of ether oxygens (including phenoxy) is 1. The van der Waals surface area contributed by atoms with Crippen LogP contribution in [0.1, 0.15) is 47.9 Å². The largest absolute Gasteiger partial charge is 0.396 e. The summed E-state index contributed by atoms with van der Waals surface area (Å²) in [5, 5.41) is 35.0. The zero-order valence-corrected chi connectivity index (χ0v) is 22.8. The van der Waals surface area contributed by atoms with E-state index in [4.69, 9.17) is 4.74 Å². The molecule has 3 aromatic rings. The third-order valence-corrected chi connectivity index (χ3v) is 10.4. The van der Waals surface area contributed by atoms with Gasteiger partial charge in [0.1, 0.15) is 5.78 Å². The van der Waals surface area contributed by atoms with Gasteiger partial charge in [-0.2, -0.15) is 0 Å². The van der Waals surface area contributed by atoms with Crippen LogP contribution < -0.4 is 0 Å². The first kappa shape index (κ1) is 26.4. The lowest BCUT2D eigenvalue weighted by atomic mass is 9.55. The Hall–Kier alpha value is -2.83. The van der Waals surface area contributed by atoms with Gasteiger partial charge in [-0.3, -0.25) is 4.79 Å². The zero-order chi connectivity index (χ0) is 27.6. The second-order valence-electron chi connectivity index (χ2n) is 12.2. The Morgan fingerprint density at radius 3 is 2.46 bits per heavy atom. The van der Waals surface area contributed by atoms with Crippen LogP contribution in [0.25, 0.3) is 10.8 Å². The van der Waals surface area contributed by atoms with Crippen LogP contribution in [0.5, 0.6) is 0 Å². The smallest absolute Gasteiger partial charge is 0.185 e. The molecule has 0 radical (unpaired) electrons. The van der Waals surface area contributed by atoms with Gasteiger partial charge in [-0.1, -0.05) is 79.7 Å². The molecular weight excluding hydrogens is 488 g/mol. The van der Waals surface area contributed by atoms with Crippen molar-refractivity contribution in [1.82, 2.24) is 0 Å². The van der Waals surface area contributed by atoms with E-state index in [0.717, 1.165) is 38.6 Å². The highest BCUT2D eigenvalue weighted by Crippen LogP contribution is 2.74. The lowest BCUT2D eigenvalue weighted by Gasteiger charge is -2.48. The summed E-state index contributed by atoms with van der Waals surface area (Å²) < 4.78 is 5.88. The highest BCUT2D eigenvalue weighted by Gasteiger charge is 2.80. The highest BCUT2D eigenvalue weighted by atomic mass is 16.6. The first-order chi connectivity index (χ1) is 18.7. The van der Waals surface area contributed by atoms with Gasteiger partial charge in [0, 0.05) is 37.4 Å². The molecule has 2 saturated carbocycles. The average molecular weight is 527 g/mol. The topological polar surface area (TPSA) is 87.0 Å². The lowest BCUT2D eigenvalue weighted by molar-refractivity contribution is -0.254. The predicted octanol–water partition coefficient (Wildman–Crippen LogP) is 4.74. The minimum atomic E-state index is -1.73. The summed E-state index contributed by atoms with van der Waals surface area (Å²) >= 11 is 0. The number of fused-ring (bicyclic) bond motifs is 5. The maximum Gasteiger partial charge on any atom is 0.185 e. The predicted molar refractivity (Wildman–Crippen MR) is 151 cm³/mol. The summed E-state index contributed by atoms with van der Waals surface area (Å²) in [6.45, 7) is 6.43. The normalized spacial score (nSPS) is 34.2. The van der Waals surface area contributed by atoms with Crippen LogP contribution in [0.2, 0.25) is 0 Å². The summed E-state index contributed by atoms with van der Waals surface area (Å²) in [4.78, 5) is 14.5. The molecule has 3 aliphatic rings. The summed E-state index contributed by atoms with van der Waals surface area (Å²) in [6, 6.07) is 21.0. The monoisotopic (exact) mass is 526 g/mol. The Morgan fingerprint density at radius 2 is 1.72 bits per heavy atom. The second kappa shape index (κ2) is 9.38. The van der Waals surface area contributed by atoms with Crippen LogP contribution in [0.15, 0.2) is 72.8 Å². The van der Waals surface area contributed by atoms with Crippen LogP contribution in [-0.2, 0) is 28.8 Å². The molecule has 5 heteroatoms. The summed E-state index contributed by atoms with van der Waals surface area (Å²) in [7, 11) is 1.47. The van der Waals surface area contributed by atoms with Gasteiger partial charge in [0.2, 0.25) is 0 Å². The summed E-state index contributed by atoms with van der Waals surface area (Å²) in [6.07, 6.45) is 2.38. The Labute approximate surface area is 230 Å². The van der Waals surface area contributed by atoms with Crippen LogP contribution in [-0.4, -0.2) is 47.2 Å². The fraction of sp³-hybridized carbons (Fsp3) is 0.441. The number of rotatable bonds is 3. The standard InChI is InChI=1S/C34H38O5/c1-21-31-29(20-36)18-33(34(31,38)39-3)30(37)12-8-22-5-4-6-23(13-22)14-28(19-35)26-11-10-25-9-7-24(15-27(25)16-26)17-32(21,33)2/h4-7,9-11,13,15-16,28-29,31,35-36,38H,1,8,12,14,17-20H2,2-3H3/t28-,29+,31-,32+,33-,34+/m0/s1. The first-order valence-corrected chi connectivity index (χ1v) is 14.0. The van der Waals surface area contributed by atoms with E-state index in [1.54, 1.807) is 0 Å². The van der Waals surface area contributed by atoms with Crippen LogP contribution >= 0.6 is 0 Å². The number of hydrogen-bond acceptors (Lipinski definition) is 5. The van der Waals surface area contributed by atoms with E-state index in [1.165, 1.54) is 7.11 Å². The third kappa shape index (κ3) is 3.64. The van der Waals surface area contributed by atoms with Crippen LogP contribution in [0, 0.1) is 22.7 Å². The average Bonchev–Trinajstić information content (AvgIpc) is 3.29. The number of aliphatic hydroxyl groups is 3. The maximum absolute atomic E-state index is 14.5. The zero-order valence-electron chi connectivity index (χ0n) is 22.8. The lowest BCUT2D eigenvalue weighted by Crippen LogP contribution is -2.56. The van der Waals surface area contributed by atoms with Gasteiger partial charge in [0.05, 0.1) is 12.0 Å². The highest BCUT2D eigenvalue weighted by molar-refractivity contribution is 5.90. The van der Waals surface area contributed by atoms with Crippen molar-refractivity contribution in [1.29, 1.82) is 0 Å². The van der Waals surface area contributed by atoms with Gasteiger partial charge in [-0.25, -0.2) is 0 Å². The van der Waals surface area contributed by atoms with Gasteiger partial charge in [0.25, 0.3) is 0 Å². The van der Waals surface area contributed by atoms with E-state index in [9.17, 15) is 20.1 Å². The Morgan fingerprint density at radius 1 is 0.949 bits per heavy atom. The number of ketones is 1. The molecular formula is C34H38O5. The van der Waals surface area contributed by atoms with Crippen molar-refractivity contribution in [3.63, 3.8) is 0 Å². The van der Waals surface area contributed by atoms with Crippen LogP contribution in [0.4, 0.5) is 0 Å². The molecule has 39 heavy (non-hydrogen) atoms. The minimum absolute atomic E-state index is 0.0268. The van der Waals surface area contributed by atoms with Crippen molar-refractivity contribution in [2.24, 2.45) is 22.7 Å². The Bertz CT molecular complexity index is 1460. The molecule has 0 amide bonds. The van der Waals surface area contributed by atoms with Gasteiger partial charge in [-0.05, 0) is 64.6 Å². The molecule has 204 valence electrons. The summed E-state index contributed by atoms with van der Waals surface area (Å²) in [5.74, 6) is -2.61. The first-order valence-electron chi connectivity index (χ1n) is 14.0. The van der Waals surface area contributed by atoms with E-state index in [-0.39, 0.29) is 37.3 Å².